The van der Waals surface area contributed by atoms with Crippen molar-refractivity contribution in [3.63, 3.8) is 0 Å². The SMILES string of the molecule is CC(C)c1ccc(C(C)C)c(Cc2ccc(O)cc2)c1. The lowest BCUT2D eigenvalue weighted by Crippen LogP contribution is -2.00. The van der Waals surface area contributed by atoms with Gasteiger partial charge in [0.1, 0.15) is 5.75 Å². The molecule has 0 aliphatic heterocycles. The van der Waals surface area contributed by atoms with Gasteiger partial charge < -0.3 is 5.11 Å². The van der Waals surface area contributed by atoms with E-state index in [1.807, 2.05) is 12.1 Å². The highest BCUT2D eigenvalue weighted by molar-refractivity contribution is 5.39. The first-order valence-corrected chi connectivity index (χ1v) is 7.38. The van der Waals surface area contributed by atoms with Crippen LogP contribution in [0.25, 0.3) is 0 Å². The van der Waals surface area contributed by atoms with E-state index in [0.717, 1.165) is 6.42 Å². The molecule has 0 heterocycles. The second kappa shape index (κ2) is 6.13. The van der Waals surface area contributed by atoms with Gasteiger partial charge in [-0.25, -0.2) is 0 Å². The quantitative estimate of drug-likeness (QED) is 0.805. The maximum atomic E-state index is 9.38. The molecule has 2 aromatic rings. The predicted octanol–water partition coefficient (Wildman–Crippen LogP) is 5.23. The largest absolute Gasteiger partial charge is 0.508 e. The van der Waals surface area contributed by atoms with Crippen LogP contribution in [0.4, 0.5) is 0 Å². The van der Waals surface area contributed by atoms with Crippen molar-refractivity contribution in [2.24, 2.45) is 0 Å². The topological polar surface area (TPSA) is 20.2 Å². The number of phenolic OH excluding ortho intramolecular Hbond substituents is 1. The second-order valence-electron chi connectivity index (χ2n) is 6.11. The van der Waals surface area contributed by atoms with Crippen molar-refractivity contribution in [3.8, 4) is 5.75 Å². The third-order valence-corrected chi connectivity index (χ3v) is 3.79. The van der Waals surface area contributed by atoms with Gasteiger partial charge in [-0.3, -0.25) is 0 Å². The number of benzene rings is 2. The van der Waals surface area contributed by atoms with E-state index in [4.69, 9.17) is 0 Å². The minimum absolute atomic E-state index is 0.328. The molecule has 20 heavy (non-hydrogen) atoms. The van der Waals surface area contributed by atoms with Gasteiger partial charge in [0.05, 0.1) is 0 Å². The van der Waals surface area contributed by atoms with Gasteiger partial charge in [0, 0.05) is 0 Å². The van der Waals surface area contributed by atoms with Gasteiger partial charge in [-0.2, -0.15) is 0 Å². The van der Waals surface area contributed by atoms with E-state index < -0.39 is 0 Å². The third kappa shape index (κ3) is 3.41. The number of rotatable bonds is 4. The molecule has 0 bridgehead atoms. The Labute approximate surface area is 122 Å². The summed E-state index contributed by atoms with van der Waals surface area (Å²) in [5.74, 6) is 1.41. The molecular formula is C19H24O. The van der Waals surface area contributed by atoms with Crippen molar-refractivity contribution in [3.05, 3.63) is 64.7 Å². The molecule has 0 aromatic heterocycles. The fraction of sp³-hybridized carbons (Fsp3) is 0.368. The zero-order valence-corrected chi connectivity index (χ0v) is 12.9. The van der Waals surface area contributed by atoms with Crippen LogP contribution in [-0.4, -0.2) is 5.11 Å². The average molecular weight is 268 g/mol. The summed E-state index contributed by atoms with van der Waals surface area (Å²) in [4.78, 5) is 0. The predicted molar refractivity (Wildman–Crippen MR) is 85.5 cm³/mol. The fourth-order valence-electron chi connectivity index (χ4n) is 2.53. The first-order chi connectivity index (χ1) is 9.47. The standard InChI is InChI=1S/C19H24O/c1-13(2)16-7-10-19(14(3)4)17(12-16)11-15-5-8-18(20)9-6-15/h5-10,12-14,20H,11H2,1-4H3. The van der Waals surface area contributed by atoms with E-state index in [1.165, 1.54) is 22.3 Å². The minimum Gasteiger partial charge on any atom is -0.508 e. The molecule has 0 spiro atoms. The molecule has 2 rings (SSSR count). The molecule has 0 unspecified atom stereocenters. The van der Waals surface area contributed by atoms with E-state index in [-0.39, 0.29) is 0 Å². The molecule has 0 aliphatic carbocycles. The van der Waals surface area contributed by atoms with Crippen LogP contribution in [-0.2, 0) is 6.42 Å². The van der Waals surface area contributed by atoms with Gasteiger partial charge in [0.2, 0.25) is 0 Å². The number of hydrogen-bond acceptors (Lipinski definition) is 1. The molecule has 0 radical (unpaired) electrons. The number of aromatic hydroxyl groups is 1. The number of phenols is 1. The van der Waals surface area contributed by atoms with Crippen molar-refractivity contribution < 1.29 is 5.11 Å². The third-order valence-electron chi connectivity index (χ3n) is 3.79. The van der Waals surface area contributed by atoms with Gasteiger partial charge in [-0.15, -0.1) is 0 Å². The molecule has 106 valence electrons. The van der Waals surface area contributed by atoms with Gasteiger partial charge in [0.15, 0.2) is 0 Å². The maximum Gasteiger partial charge on any atom is 0.115 e. The Kier molecular flexibility index (Phi) is 4.49. The molecule has 1 heteroatoms. The summed E-state index contributed by atoms with van der Waals surface area (Å²) >= 11 is 0. The van der Waals surface area contributed by atoms with Crippen LogP contribution in [0.1, 0.15) is 61.8 Å². The van der Waals surface area contributed by atoms with Crippen LogP contribution in [0.5, 0.6) is 5.75 Å². The highest BCUT2D eigenvalue weighted by atomic mass is 16.3. The lowest BCUT2D eigenvalue weighted by atomic mass is 9.89. The highest BCUT2D eigenvalue weighted by Gasteiger charge is 2.10. The summed E-state index contributed by atoms with van der Waals surface area (Å²) in [5.41, 5.74) is 5.45. The summed E-state index contributed by atoms with van der Waals surface area (Å²) in [6.45, 7) is 8.94. The Hall–Kier alpha value is -1.76. The Balaban J connectivity index is 2.36. The van der Waals surface area contributed by atoms with Crippen molar-refractivity contribution >= 4 is 0 Å². The van der Waals surface area contributed by atoms with Crippen molar-refractivity contribution in [1.29, 1.82) is 0 Å². The molecule has 0 saturated heterocycles. The lowest BCUT2D eigenvalue weighted by molar-refractivity contribution is 0.475. The molecule has 0 amide bonds. The van der Waals surface area contributed by atoms with E-state index in [2.05, 4.69) is 45.9 Å². The summed E-state index contributed by atoms with van der Waals surface area (Å²) in [6, 6.07) is 14.4. The zero-order chi connectivity index (χ0) is 14.7. The van der Waals surface area contributed by atoms with Crippen LogP contribution in [0.15, 0.2) is 42.5 Å². The second-order valence-corrected chi connectivity index (χ2v) is 6.11. The smallest absolute Gasteiger partial charge is 0.115 e. The molecular weight excluding hydrogens is 244 g/mol. The average Bonchev–Trinajstić information content (AvgIpc) is 2.41. The van der Waals surface area contributed by atoms with Crippen molar-refractivity contribution in [2.45, 2.75) is 46.0 Å². The fourth-order valence-corrected chi connectivity index (χ4v) is 2.53. The number of hydrogen-bond donors (Lipinski definition) is 1. The van der Waals surface area contributed by atoms with Crippen LogP contribution in [0, 0.1) is 0 Å². The Morgan fingerprint density at radius 3 is 2.05 bits per heavy atom. The summed E-state index contributed by atoms with van der Waals surface area (Å²) in [7, 11) is 0. The van der Waals surface area contributed by atoms with Crippen LogP contribution >= 0.6 is 0 Å². The van der Waals surface area contributed by atoms with Gasteiger partial charge in [0.25, 0.3) is 0 Å². The van der Waals surface area contributed by atoms with Crippen molar-refractivity contribution in [2.75, 3.05) is 0 Å². The van der Waals surface area contributed by atoms with E-state index in [1.54, 1.807) is 12.1 Å². The van der Waals surface area contributed by atoms with E-state index in [0.29, 0.717) is 17.6 Å². The molecule has 1 N–H and O–H groups in total. The normalized spacial score (nSPS) is 11.3. The van der Waals surface area contributed by atoms with Crippen LogP contribution < -0.4 is 0 Å². The van der Waals surface area contributed by atoms with Gasteiger partial charge >= 0.3 is 0 Å². The molecule has 0 fully saturated rings. The van der Waals surface area contributed by atoms with Crippen molar-refractivity contribution in [1.82, 2.24) is 0 Å². The Morgan fingerprint density at radius 1 is 0.850 bits per heavy atom. The van der Waals surface area contributed by atoms with Gasteiger partial charge in [-0.05, 0) is 52.6 Å². The van der Waals surface area contributed by atoms with Gasteiger partial charge in [-0.1, -0.05) is 58.0 Å². The summed E-state index contributed by atoms with van der Waals surface area (Å²) in [6.07, 6.45) is 0.925. The zero-order valence-electron chi connectivity index (χ0n) is 12.9. The van der Waals surface area contributed by atoms with E-state index >= 15 is 0 Å². The lowest BCUT2D eigenvalue weighted by Gasteiger charge is -2.16. The van der Waals surface area contributed by atoms with Crippen LogP contribution in [0.2, 0.25) is 0 Å². The summed E-state index contributed by atoms with van der Waals surface area (Å²) in [5, 5.41) is 9.38. The van der Waals surface area contributed by atoms with Crippen LogP contribution in [0.3, 0.4) is 0 Å². The highest BCUT2D eigenvalue weighted by Crippen LogP contribution is 2.26. The molecule has 0 saturated carbocycles. The molecule has 2 aromatic carbocycles. The Morgan fingerprint density at radius 2 is 1.50 bits per heavy atom. The first kappa shape index (κ1) is 14.6. The summed E-state index contributed by atoms with van der Waals surface area (Å²) < 4.78 is 0. The maximum absolute atomic E-state index is 9.38. The first-order valence-electron chi connectivity index (χ1n) is 7.38. The minimum atomic E-state index is 0.328. The molecule has 0 atom stereocenters. The Bertz CT molecular complexity index is 565. The van der Waals surface area contributed by atoms with E-state index in [9.17, 15) is 5.11 Å². The molecule has 0 aliphatic rings. The molecule has 1 nitrogen and oxygen atoms in total. The monoisotopic (exact) mass is 268 g/mol.